The van der Waals surface area contributed by atoms with Crippen molar-refractivity contribution in [2.45, 2.75) is 50.9 Å². The topological polar surface area (TPSA) is 98.7 Å². The van der Waals surface area contributed by atoms with E-state index in [0.717, 1.165) is 0 Å². The van der Waals surface area contributed by atoms with Gasteiger partial charge in [0.15, 0.2) is 0 Å². The average molecular weight is 270 g/mol. The second-order valence-corrected chi connectivity index (χ2v) is 4.92. The van der Waals surface area contributed by atoms with Crippen LogP contribution in [0.25, 0.3) is 0 Å². The Hall–Kier alpha value is -1.40. The standard InChI is InChI=1S/C13H22N2O4/c1-4-8-6-9(13(18)19)15-11(8)12(10(17)5-2)14-7(3)16/h4,8-12,15,17H,1,5-6H2,2-3H3,(H,14,16)(H,18,19). The molecule has 1 rings (SSSR count). The van der Waals surface area contributed by atoms with Gasteiger partial charge in [0.05, 0.1) is 12.1 Å². The predicted molar refractivity (Wildman–Crippen MR) is 70.6 cm³/mol. The molecule has 1 heterocycles. The average Bonchev–Trinajstić information content (AvgIpc) is 2.78. The zero-order valence-electron chi connectivity index (χ0n) is 11.3. The third kappa shape index (κ3) is 3.78. The monoisotopic (exact) mass is 270 g/mol. The fourth-order valence-electron chi connectivity index (χ4n) is 2.54. The number of aliphatic hydroxyl groups is 1. The molecule has 0 aromatic carbocycles. The van der Waals surface area contributed by atoms with Crippen molar-refractivity contribution in [3.05, 3.63) is 12.7 Å². The molecule has 0 radical (unpaired) electrons. The Labute approximate surface area is 112 Å². The van der Waals surface area contributed by atoms with Crippen LogP contribution in [0.4, 0.5) is 0 Å². The first kappa shape index (κ1) is 15.7. The van der Waals surface area contributed by atoms with Crippen LogP contribution in [0.1, 0.15) is 26.7 Å². The molecule has 108 valence electrons. The van der Waals surface area contributed by atoms with Gasteiger partial charge in [-0.3, -0.25) is 14.9 Å². The number of carbonyl (C=O) groups is 2. The molecule has 0 saturated carbocycles. The number of aliphatic hydroxyl groups excluding tert-OH is 1. The quantitative estimate of drug-likeness (QED) is 0.504. The van der Waals surface area contributed by atoms with E-state index in [1.807, 2.05) is 6.92 Å². The zero-order chi connectivity index (χ0) is 14.6. The van der Waals surface area contributed by atoms with Crippen LogP contribution in [0.3, 0.4) is 0 Å². The highest BCUT2D eigenvalue weighted by Crippen LogP contribution is 2.26. The van der Waals surface area contributed by atoms with Crippen molar-refractivity contribution in [1.82, 2.24) is 10.6 Å². The lowest BCUT2D eigenvalue weighted by Gasteiger charge is -2.31. The molecular weight excluding hydrogens is 248 g/mol. The first-order valence-electron chi connectivity index (χ1n) is 6.47. The molecule has 0 aromatic rings. The number of aliphatic carboxylic acids is 1. The molecule has 4 N–H and O–H groups in total. The molecule has 0 aliphatic carbocycles. The number of amides is 1. The Bertz CT molecular complexity index is 359. The molecule has 5 unspecified atom stereocenters. The maximum atomic E-state index is 11.2. The number of carboxylic acid groups (broad SMARTS) is 1. The minimum absolute atomic E-state index is 0.0980. The largest absolute Gasteiger partial charge is 0.480 e. The summed E-state index contributed by atoms with van der Waals surface area (Å²) < 4.78 is 0. The van der Waals surface area contributed by atoms with Crippen LogP contribution in [0.2, 0.25) is 0 Å². The molecular formula is C13H22N2O4. The highest BCUT2D eigenvalue weighted by Gasteiger charge is 2.42. The first-order chi connectivity index (χ1) is 8.90. The number of rotatable bonds is 6. The molecule has 5 atom stereocenters. The minimum atomic E-state index is -0.929. The van der Waals surface area contributed by atoms with Gasteiger partial charge in [-0.25, -0.2) is 0 Å². The summed E-state index contributed by atoms with van der Waals surface area (Å²) in [5.41, 5.74) is 0. The summed E-state index contributed by atoms with van der Waals surface area (Å²) in [6, 6.07) is -1.51. The van der Waals surface area contributed by atoms with Crippen LogP contribution in [-0.2, 0) is 9.59 Å². The molecule has 0 aromatic heterocycles. The number of carbonyl (C=O) groups excluding carboxylic acids is 1. The molecule has 6 heteroatoms. The third-order valence-corrected chi connectivity index (χ3v) is 3.55. The second-order valence-electron chi connectivity index (χ2n) is 4.92. The van der Waals surface area contributed by atoms with Gasteiger partial charge in [-0.05, 0) is 18.8 Å². The first-order valence-corrected chi connectivity index (χ1v) is 6.47. The fraction of sp³-hybridized carbons (Fsp3) is 0.692. The summed E-state index contributed by atoms with van der Waals surface area (Å²) in [6.45, 7) is 6.89. The van der Waals surface area contributed by atoms with Crippen LogP contribution >= 0.6 is 0 Å². The smallest absolute Gasteiger partial charge is 0.320 e. The van der Waals surface area contributed by atoms with Gasteiger partial charge >= 0.3 is 5.97 Å². The Morgan fingerprint density at radius 1 is 1.58 bits per heavy atom. The molecule has 1 amide bonds. The van der Waals surface area contributed by atoms with E-state index in [1.54, 1.807) is 6.08 Å². The molecule has 0 spiro atoms. The SMILES string of the molecule is C=CC1CC(C(=O)O)NC1C(NC(C)=O)C(O)CC. The minimum Gasteiger partial charge on any atom is -0.480 e. The number of hydrogen-bond acceptors (Lipinski definition) is 4. The lowest BCUT2D eigenvalue weighted by molar-refractivity contribution is -0.139. The van der Waals surface area contributed by atoms with E-state index < -0.39 is 24.2 Å². The van der Waals surface area contributed by atoms with Crippen molar-refractivity contribution in [3.8, 4) is 0 Å². The van der Waals surface area contributed by atoms with Crippen LogP contribution in [-0.4, -0.2) is 46.3 Å². The summed E-state index contributed by atoms with van der Waals surface area (Å²) in [6.07, 6.45) is 1.84. The Morgan fingerprint density at radius 2 is 2.21 bits per heavy atom. The summed E-state index contributed by atoms with van der Waals surface area (Å²) in [7, 11) is 0. The van der Waals surface area contributed by atoms with E-state index in [0.29, 0.717) is 12.8 Å². The van der Waals surface area contributed by atoms with E-state index in [9.17, 15) is 14.7 Å². The highest BCUT2D eigenvalue weighted by molar-refractivity contribution is 5.75. The summed E-state index contributed by atoms with van der Waals surface area (Å²) in [4.78, 5) is 22.3. The van der Waals surface area contributed by atoms with E-state index >= 15 is 0 Å². The van der Waals surface area contributed by atoms with E-state index in [-0.39, 0.29) is 17.9 Å². The van der Waals surface area contributed by atoms with Gasteiger partial charge in [-0.1, -0.05) is 13.0 Å². The molecule has 1 fully saturated rings. The van der Waals surface area contributed by atoms with Crippen LogP contribution in [0, 0.1) is 5.92 Å². The van der Waals surface area contributed by atoms with E-state index in [1.165, 1.54) is 6.92 Å². The van der Waals surface area contributed by atoms with Crippen molar-refractivity contribution in [3.63, 3.8) is 0 Å². The van der Waals surface area contributed by atoms with Crippen LogP contribution < -0.4 is 10.6 Å². The zero-order valence-corrected chi connectivity index (χ0v) is 11.3. The Balaban J connectivity index is 2.89. The predicted octanol–water partition coefficient (Wildman–Crippen LogP) is -0.121. The number of carboxylic acids is 1. The van der Waals surface area contributed by atoms with Gasteiger partial charge in [0.1, 0.15) is 6.04 Å². The summed E-state index contributed by atoms with van der Waals surface area (Å²) >= 11 is 0. The van der Waals surface area contributed by atoms with Crippen molar-refractivity contribution in [2.24, 2.45) is 5.92 Å². The van der Waals surface area contributed by atoms with Gasteiger partial charge in [0.2, 0.25) is 5.91 Å². The van der Waals surface area contributed by atoms with Crippen molar-refractivity contribution in [1.29, 1.82) is 0 Å². The second kappa shape index (κ2) is 6.68. The highest BCUT2D eigenvalue weighted by atomic mass is 16.4. The van der Waals surface area contributed by atoms with Crippen molar-refractivity contribution in [2.75, 3.05) is 0 Å². The lowest BCUT2D eigenvalue weighted by Crippen LogP contribution is -2.56. The van der Waals surface area contributed by atoms with Gasteiger partial charge in [-0.2, -0.15) is 0 Å². The van der Waals surface area contributed by atoms with Crippen molar-refractivity contribution < 1.29 is 19.8 Å². The Morgan fingerprint density at radius 3 is 2.63 bits per heavy atom. The maximum absolute atomic E-state index is 11.2. The molecule has 19 heavy (non-hydrogen) atoms. The summed E-state index contributed by atoms with van der Waals surface area (Å²) in [5, 5.41) is 24.8. The van der Waals surface area contributed by atoms with Crippen molar-refractivity contribution >= 4 is 11.9 Å². The molecule has 0 bridgehead atoms. The Kier molecular flexibility index (Phi) is 5.50. The van der Waals surface area contributed by atoms with Gasteiger partial charge in [0.25, 0.3) is 0 Å². The number of hydrogen-bond donors (Lipinski definition) is 4. The molecule has 6 nitrogen and oxygen atoms in total. The number of nitrogens with one attached hydrogen (secondary N) is 2. The molecule has 1 aliphatic heterocycles. The van der Waals surface area contributed by atoms with E-state index in [2.05, 4.69) is 17.2 Å². The van der Waals surface area contributed by atoms with Gasteiger partial charge in [0, 0.05) is 13.0 Å². The van der Waals surface area contributed by atoms with Crippen LogP contribution in [0.5, 0.6) is 0 Å². The van der Waals surface area contributed by atoms with Gasteiger partial charge in [-0.15, -0.1) is 6.58 Å². The van der Waals surface area contributed by atoms with Gasteiger partial charge < -0.3 is 15.5 Å². The molecule has 1 saturated heterocycles. The lowest BCUT2D eigenvalue weighted by atomic mass is 9.90. The van der Waals surface area contributed by atoms with E-state index in [4.69, 9.17) is 5.11 Å². The third-order valence-electron chi connectivity index (χ3n) is 3.55. The summed E-state index contributed by atoms with van der Waals surface area (Å²) in [5.74, 6) is -1.28. The van der Waals surface area contributed by atoms with Crippen LogP contribution in [0.15, 0.2) is 12.7 Å². The maximum Gasteiger partial charge on any atom is 0.320 e. The fourth-order valence-corrected chi connectivity index (χ4v) is 2.54. The molecule has 1 aliphatic rings. The normalized spacial score (nSPS) is 29.5.